The van der Waals surface area contributed by atoms with Crippen molar-refractivity contribution in [1.82, 2.24) is 4.31 Å². The van der Waals surface area contributed by atoms with E-state index in [2.05, 4.69) is 0 Å². The molecular weight excluding hydrogens is 285 g/mol. The summed E-state index contributed by atoms with van der Waals surface area (Å²) in [6.07, 6.45) is -13.5. The van der Waals surface area contributed by atoms with Crippen LogP contribution in [-0.2, 0) is 10.0 Å². The van der Waals surface area contributed by atoms with E-state index >= 15 is 0 Å². The van der Waals surface area contributed by atoms with Crippen LogP contribution < -0.4 is 0 Å². The SMILES string of the molecule is O=S(=O)(N(C(F)(F)F)C(F)(F)F)C(F)(F)F. The fourth-order valence-electron chi connectivity index (χ4n) is 0.520. The summed E-state index contributed by atoms with van der Waals surface area (Å²) < 4.78 is 120. The summed E-state index contributed by atoms with van der Waals surface area (Å²) in [6, 6.07) is 0. The van der Waals surface area contributed by atoms with Gasteiger partial charge in [0.05, 0.1) is 0 Å². The van der Waals surface area contributed by atoms with Crippen LogP contribution in [-0.4, -0.2) is 30.8 Å². The summed E-state index contributed by atoms with van der Waals surface area (Å²) >= 11 is 0. The normalized spacial score (nSPS) is 15.6. The highest BCUT2D eigenvalue weighted by Crippen LogP contribution is 2.41. The van der Waals surface area contributed by atoms with Crippen molar-refractivity contribution in [3.05, 3.63) is 0 Å². The maximum atomic E-state index is 11.6. The Bertz CT molecular complexity index is 332. The Kier molecular flexibility index (Phi) is 3.48. The molecule has 0 aliphatic carbocycles. The smallest absolute Gasteiger partial charge is 0.202 e. The molecule has 0 N–H and O–H groups in total. The van der Waals surface area contributed by atoms with Crippen LogP contribution in [0.5, 0.6) is 0 Å². The topological polar surface area (TPSA) is 37.4 Å². The van der Waals surface area contributed by atoms with Crippen molar-refractivity contribution >= 4 is 10.0 Å². The first-order chi connectivity index (χ1) is 6.62. The summed E-state index contributed by atoms with van der Waals surface area (Å²) in [7, 11) is -7.57. The minimum Gasteiger partial charge on any atom is -0.202 e. The van der Waals surface area contributed by atoms with E-state index < -0.39 is 32.4 Å². The molecule has 3 nitrogen and oxygen atoms in total. The van der Waals surface area contributed by atoms with Gasteiger partial charge in [0.25, 0.3) is 0 Å². The molecule has 0 bridgehead atoms. The number of hydrogen-bond acceptors (Lipinski definition) is 2. The lowest BCUT2D eigenvalue weighted by atomic mass is 11.0. The molecule has 0 aromatic rings. The van der Waals surface area contributed by atoms with Crippen LogP contribution in [0.3, 0.4) is 0 Å². The van der Waals surface area contributed by atoms with Crippen LogP contribution in [0.15, 0.2) is 0 Å². The lowest BCUT2D eigenvalue weighted by Crippen LogP contribution is -2.55. The van der Waals surface area contributed by atoms with Gasteiger partial charge in [-0.3, -0.25) is 0 Å². The third-order valence-electron chi connectivity index (χ3n) is 0.993. The van der Waals surface area contributed by atoms with E-state index in [1.165, 1.54) is 0 Å². The van der Waals surface area contributed by atoms with E-state index in [1.807, 2.05) is 0 Å². The quantitative estimate of drug-likeness (QED) is 0.547. The Morgan fingerprint density at radius 3 is 1.00 bits per heavy atom. The largest absolute Gasteiger partial charge is 0.512 e. The van der Waals surface area contributed by atoms with E-state index in [9.17, 15) is 47.9 Å². The Labute approximate surface area is 81.5 Å². The second-order valence-corrected chi connectivity index (χ2v) is 3.93. The number of nitrogens with zero attached hydrogens (tertiary/aromatic N) is 1. The van der Waals surface area contributed by atoms with Crippen LogP contribution in [0, 0.1) is 0 Å². The Hall–Kier alpha value is -0.720. The minimum atomic E-state index is -7.57. The molecule has 0 aromatic heterocycles. The van der Waals surface area contributed by atoms with Gasteiger partial charge < -0.3 is 0 Å². The molecule has 0 atom stereocenters. The molecule has 0 heterocycles. The second-order valence-electron chi connectivity index (χ2n) is 2.15. The number of sulfonamides is 1. The highest BCUT2D eigenvalue weighted by atomic mass is 32.2. The maximum Gasteiger partial charge on any atom is 0.512 e. The van der Waals surface area contributed by atoms with E-state index in [4.69, 9.17) is 0 Å². The summed E-state index contributed by atoms with van der Waals surface area (Å²) in [5.41, 5.74) is -6.71. The van der Waals surface area contributed by atoms with Gasteiger partial charge in [0.2, 0.25) is 0 Å². The Morgan fingerprint density at radius 1 is 0.688 bits per heavy atom. The zero-order valence-corrected chi connectivity index (χ0v) is 7.39. The van der Waals surface area contributed by atoms with Crippen molar-refractivity contribution in [2.75, 3.05) is 0 Å². The van der Waals surface area contributed by atoms with Gasteiger partial charge >= 0.3 is 28.1 Å². The summed E-state index contributed by atoms with van der Waals surface area (Å²) in [6.45, 7) is 0. The number of halogens is 9. The number of hydrogen-bond donors (Lipinski definition) is 0. The first-order valence-corrected chi connectivity index (χ1v) is 4.31. The van der Waals surface area contributed by atoms with Crippen LogP contribution in [0.25, 0.3) is 0 Å². The molecule has 0 amide bonds. The van der Waals surface area contributed by atoms with Gasteiger partial charge in [0.15, 0.2) is 0 Å². The maximum absolute atomic E-state index is 11.6. The van der Waals surface area contributed by atoms with Crippen molar-refractivity contribution < 1.29 is 47.9 Å². The Morgan fingerprint density at radius 2 is 0.938 bits per heavy atom. The van der Waals surface area contributed by atoms with Gasteiger partial charge in [-0.1, -0.05) is 0 Å². The van der Waals surface area contributed by atoms with Crippen LogP contribution in [0.1, 0.15) is 0 Å². The lowest BCUT2D eigenvalue weighted by molar-refractivity contribution is -0.336. The third-order valence-corrected chi connectivity index (χ3v) is 2.47. The number of rotatable bonds is 1. The van der Waals surface area contributed by atoms with Crippen molar-refractivity contribution in [2.24, 2.45) is 0 Å². The molecule has 0 aromatic carbocycles. The molecule has 0 aliphatic rings. The molecule has 0 aliphatic heterocycles. The van der Waals surface area contributed by atoms with E-state index in [0.717, 1.165) is 0 Å². The van der Waals surface area contributed by atoms with E-state index in [1.54, 1.807) is 0 Å². The first-order valence-electron chi connectivity index (χ1n) is 2.87. The third kappa shape index (κ3) is 2.90. The van der Waals surface area contributed by atoms with Crippen molar-refractivity contribution in [1.29, 1.82) is 0 Å². The summed E-state index contributed by atoms with van der Waals surface area (Å²) in [5, 5.41) is 0. The van der Waals surface area contributed by atoms with Gasteiger partial charge in [0, 0.05) is 0 Å². The average Bonchev–Trinajstić information content (AvgIpc) is 1.72. The molecule has 0 saturated carbocycles. The predicted molar refractivity (Wildman–Crippen MR) is 28.9 cm³/mol. The number of alkyl halides is 9. The molecule has 0 fully saturated rings. The van der Waals surface area contributed by atoms with Gasteiger partial charge in [0.1, 0.15) is 0 Å². The molecule has 0 unspecified atom stereocenters. The van der Waals surface area contributed by atoms with Crippen molar-refractivity contribution in [3.63, 3.8) is 0 Å². The van der Waals surface area contributed by atoms with Gasteiger partial charge in [-0.15, -0.1) is 0 Å². The molecular formula is C3F9NO2S. The van der Waals surface area contributed by atoms with Crippen LogP contribution in [0.4, 0.5) is 39.5 Å². The monoisotopic (exact) mass is 285 g/mol. The van der Waals surface area contributed by atoms with Gasteiger partial charge in [-0.2, -0.15) is 39.5 Å². The summed E-state index contributed by atoms with van der Waals surface area (Å²) in [4.78, 5) is 0. The zero-order chi connectivity index (χ0) is 13.6. The lowest BCUT2D eigenvalue weighted by Gasteiger charge is -2.26. The molecule has 0 spiro atoms. The molecule has 16 heavy (non-hydrogen) atoms. The van der Waals surface area contributed by atoms with E-state index in [0.29, 0.717) is 0 Å². The van der Waals surface area contributed by atoms with Gasteiger partial charge in [-0.25, -0.2) is 8.42 Å². The zero-order valence-electron chi connectivity index (χ0n) is 6.57. The fraction of sp³-hybridized carbons (Fsp3) is 1.00. The molecule has 98 valence electrons. The highest BCUT2D eigenvalue weighted by molar-refractivity contribution is 7.90. The molecule has 0 saturated heterocycles. The molecule has 0 radical (unpaired) electrons. The predicted octanol–water partition coefficient (Wildman–Crippen LogP) is 2.18. The Balaban J connectivity index is 5.78. The van der Waals surface area contributed by atoms with Gasteiger partial charge in [-0.05, 0) is 4.31 Å². The standard InChI is InChI=1S/C3F9NO2S/c4-1(5,6)13(2(7,8)9)16(14,15)3(10,11)12. The van der Waals surface area contributed by atoms with Crippen LogP contribution >= 0.6 is 0 Å². The average molecular weight is 285 g/mol. The fourth-order valence-corrected chi connectivity index (χ4v) is 1.27. The second kappa shape index (κ2) is 3.65. The minimum absolute atomic E-state index is 3.51. The molecule has 13 heteroatoms. The molecule has 0 rings (SSSR count). The van der Waals surface area contributed by atoms with Crippen molar-refractivity contribution in [3.8, 4) is 0 Å². The summed E-state index contributed by atoms with van der Waals surface area (Å²) in [5.74, 6) is 0. The van der Waals surface area contributed by atoms with E-state index in [-0.39, 0.29) is 0 Å². The highest BCUT2D eigenvalue weighted by Gasteiger charge is 2.68. The van der Waals surface area contributed by atoms with Crippen LogP contribution in [0.2, 0.25) is 0 Å². The first kappa shape index (κ1) is 15.3. The van der Waals surface area contributed by atoms with Crippen molar-refractivity contribution in [2.45, 2.75) is 18.1 Å².